The molecule has 1 aliphatic rings. The van der Waals surface area contributed by atoms with Crippen molar-refractivity contribution in [2.45, 2.75) is 46.1 Å². The zero-order valence-electron chi connectivity index (χ0n) is 12.1. The SMILES string of the molecule is CCc1nc(N)c(C)c(NCC2CCOC2CC)n1. The largest absolute Gasteiger partial charge is 0.383 e. The van der Waals surface area contributed by atoms with E-state index >= 15 is 0 Å². The molecule has 0 bridgehead atoms. The van der Waals surface area contributed by atoms with E-state index in [1.165, 1.54) is 0 Å². The van der Waals surface area contributed by atoms with Gasteiger partial charge in [0.2, 0.25) is 0 Å². The molecule has 5 heteroatoms. The maximum Gasteiger partial charge on any atom is 0.134 e. The fourth-order valence-corrected chi connectivity index (χ4v) is 2.52. The minimum Gasteiger partial charge on any atom is -0.383 e. The van der Waals surface area contributed by atoms with Gasteiger partial charge in [-0.2, -0.15) is 0 Å². The summed E-state index contributed by atoms with van der Waals surface area (Å²) in [5.74, 6) is 2.79. The Hall–Kier alpha value is -1.36. The maximum absolute atomic E-state index is 5.92. The summed E-state index contributed by atoms with van der Waals surface area (Å²) in [5.41, 5.74) is 6.85. The van der Waals surface area contributed by atoms with Crippen LogP contribution in [-0.4, -0.2) is 29.2 Å². The van der Waals surface area contributed by atoms with Crippen LogP contribution in [0.3, 0.4) is 0 Å². The summed E-state index contributed by atoms with van der Waals surface area (Å²) >= 11 is 0. The quantitative estimate of drug-likeness (QED) is 0.852. The van der Waals surface area contributed by atoms with E-state index in [0.29, 0.717) is 17.8 Å². The molecule has 0 amide bonds. The lowest BCUT2D eigenvalue weighted by Gasteiger charge is -2.19. The summed E-state index contributed by atoms with van der Waals surface area (Å²) in [4.78, 5) is 8.79. The maximum atomic E-state index is 5.92. The highest BCUT2D eigenvalue weighted by Gasteiger charge is 2.26. The molecule has 2 atom stereocenters. The molecule has 0 radical (unpaired) electrons. The molecule has 1 aliphatic heterocycles. The number of rotatable bonds is 5. The van der Waals surface area contributed by atoms with Gasteiger partial charge in [0.05, 0.1) is 6.10 Å². The number of ether oxygens (including phenoxy) is 1. The van der Waals surface area contributed by atoms with Crippen molar-refractivity contribution < 1.29 is 4.74 Å². The normalized spacial score (nSPS) is 22.7. The van der Waals surface area contributed by atoms with Crippen LogP contribution in [0.5, 0.6) is 0 Å². The third-order valence-electron chi connectivity index (χ3n) is 3.83. The highest BCUT2D eigenvalue weighted by molar-refractivity contribution is 5.54. The van der Waals surface area contributed by atoms with Gasteiger partial charge in [-0.3, -0.25) is 0 Å². The number of aryl methyl sites for hydroxylation is 1. The van der Waals surface area contributed by atoms with E-state index in [1.807, 2.05) is 13.8 Å². The smallest absolute Gasteiger partial charge is 0.134 e. The predicted octanol–water partition coefficient (Wildman–Crippen LogP) is 2.16. The van der Waals surface area contributed by atoms with E-state index in [4.69, 9.17) is 10.5 Å². The third-order valence-corrected chi connectivity index (χ3v) is 3.83. The Morgan fingerprint density at radius 3 is 2.84 bits per heavy atom. The molecular formula is C14H24N4O. The van der Waals surface area contributed by atoms with Crippen LogP contribution < -0.4 is 11.1 Å². The fraction of sp³-hybridized carbons (Fsp3) is 0.714. The number of nitrogen functional groups attached to an aromatic ring is 1. The van der Waals surface area contributed by atoms with Crippen LogP contribution in [0, 0.1) is 12.8 Å². The van der Waals surface area contributed by atoms with Crippen molar-refractivity contribution in [3.63, 3.8) is 0 Å². The fourth-order valence-electron chi connectivity index (χ4n) is 2.52. The van der Waals surface area contributed by atoms with Crippen molar-refractivity contribution in [2.75, 3.05) is 24.2 Å². The Morgan fingerprint density at radius 1 is 1.37 bits per heavy atom. The van der Waals surface area contributed by atoms with Gasteiger partial charge in [0.1, 0.15) is 17.5 Å². The zero-order valence-corrected chi connectivity index (χ0v) is 12.1. The Labute approximate surface area is 115 Å². The van der Waals surface area contributed by atoms with E-state index < -0.39 is 0 Å². The predicted molar refractivity (Wildman–Crippen MR) is 77.2 cm³/mol. The van der Waals surface area contributed by atoms with Crippen LogP contribution in [0.15, 0.2) is 0 Å². The van der Waals surface area contributed by atoms with E-state index in [1.54, 1.807) is 0 Å². The van der Waals surface area contributed by atoms with Gasteiger partial charge in [-0.1, -0.05) is 13.8 Å². The number of anilines is 2. The lowest BCUT2D eigenvalue weighted by molar-refractivity contribution is 0.0900. The lowest BCUT2D eigenvalue weighted by Crippen LogP contribution is -2.23. The van der Waals surface area contributed by atoms with Gasteiger partial charge in [0.25, 0.3) is 0 Å². The minimum absolute atomic E-state index is 0.373. The van der Waals surface area contributed by atoms with Gasteiger partial charge in [-0.15, -0.1) is 0 Å². The molecule has 0 aliphatic carbocycles. The number of aromatic nitrogens is 2. The summed E-state index contributed by atoms with van der Waals surface area (Å²) in [5, 5.41) is 3.42. The van der Waals surface area contributed by atoms with Gasteiger partial charge < -0.3 is 15.8 Å². The first-order valence-corrected chi connectivity index (χ1v) is 7.14. The second kappa shape index (κ2) is 6.19. The first-order chi connectivity index (χ1) is 9.15. The highest BCUT2D eigenvalue weighted by Crippen LogP contribution is 2.25. The second-order valence-electron chi connectivity index (χ2n) is 5.10. The number of nitrogens with one attached hydrogen (secondary N) is 1. The zero-order chi connectivity index (χ0) is 13.8. The molecule has 106 valence electrons. The standard InChI is InChI=1S/C14H24N4O/c1-4-11-10(6-7-19-11)8-16-14-9(3)13(15)17-12(5-2)18-14/h10-11H,4-8H2,1-3H3,(H3,15,16,17,18). The third kappa shape index (κ3) is 3.15. The molecule has 5 nitrogen and oxygen atoms in total. The van der Waals surface area contributed by atoms with Crippen LogP contribution in [0.2, 0.25) is 0 Å². The van der Waals surface area contributed by atoms with Crippen LogP contribution in [-0.2, 0) is 11.2 Å². The van der Waals surface area contributed by atoms with Gasteiger partial charge in [0.15, 0.2) is 0 Å². The van der Waals surface area contributed by atoms with E-state index in [0.717, 1.165) is 49.6 Å². The molecule has 1 aromatic rings. The average molecular weight is 264 g/mol. The average Bonchev–Trinajstić information content (AvgIpc) is 2.87. The van der Waals surface area contributed by atoms with E-state index in [2.05, 4.69) is 22.2 Å². The van der Waals surface area contributed by atoms with Crippen molar-refractivity contribution in [3.8, 4) is 0 Å². The Kier molecular flexibility index (Phi) is 4.58. The molecule has 2 unspecified atom stereocenters. The minimum atomic E-state index is 0.373. The molecule has 1 saturated heterocycles. The molecule has 0 spiro atoms. The number of hydrogen-bond acceptors (Lipinski definition) is 5. The van der Waals surface area contributed by atoms with Crippen molar-refractivity contribution in [3.05, 3.63) is 11.4 Å². The lowest BCUT2D eigenvalue weighted by atomic mass is 10.00. The highest BCUT2D eigenvalue weighted by atomic mass is 16.5. The molecule has 1 aromatic heterocycles. The van der Waals surface area contributed by atoms with Gasteiger partial charge in [0, 0.05) is 31.1 Å². The van der Waals surface area contributed by atoms with Crippen LogP contribution in [0.4, 0.5) is 11.6 Å². The van der Waals surface area contributed by atoms with Gasteiger partial charge >= 0.3 is 0 Å². The summed E-state index contributed by atoms with van der Waals surface area (Å²) in [6.45, 7) is 7.92. The summed E-state index contributed by atoms with van der Waals surface area (Å²) in [6.07, 6.45) is 3.35. The molecule has 0 saturated carbocycles. The molecule has 2 heterocycles. The number of nitrogens with two attached hydrogens (primary N) is 1. The monoisotopic (exact) mass is 264 g/mol. The Bertz CT molecular complexity index is 436. The summed E-state index contributed by atoms with van der Waals surface area (Å²) < 4.78 is 5.70. The second-order valence-corrected chi connectivity index (χ2v) is 5.10. The molecule has 1 fully saturated rings. The Balaban J connectivity index is 2.04. The molecule has 2 rings (SSSR count). The summed E-state index contributed by atoms with van der Waals surface area (Å²) in [6, 6.07) is 0. The first kappa shape index (κ1) is 14.1. The molecule has 19 heavy (non-hydrogen) atoms. The van der Waals surface area contributed by atoms with Gasteiger partial charge in [-0.05, 0) is 19.8 Å². The molecular weight excluding hydrogens is 240 g/mol. The summed E-state index contributed by atoms with van der Waals surface area (Å²) in [7, 11) is 0. The van der Waals surface area contributed by atoms with Crippen LogP contribution in [0.1, 0.15) is 38.1 Å². The van der Waals surface area contributed by atoms with Crippen LogP contribution >= 0.6 is 0 Å². The van der Waals surface area contributed by atoms with Crippen molar-refractivity contribution in [2.24, 2.45) is 5.92 Å². The van der Waals surface area contributed by atoms with Gasteiger partial charge in [-0.25, -0.2) is 9.97 Å². The first-order valence-electron chi connectivity index (χ1n) is 7.14. The van der Waals surface area contributed by atoms with Crippen LogP contribution in [0.25, 0.3) is 0 Å². The Morgan fingerprint density at radius 2 is 2.16 bits per heavy atom. The topological polar surface area (TPSA) is 73.1 Å². The van der Waals surface area contributed by atoms with E-state index in [9.17, 15) is 0 Å². The van der Waals surface area contributed by atoms with Crippen molar-refractivity contribution in [1.82, 2.24) is 9.97 Å². The molecule has 3 N–H and O–H groups in total. The number of nitrogens with zero attached hydrogens (tertiary/aromatic N) is 2. The van der Waals surface area contributed by atoms with Crippen molar-refractivity contribution >= 4 is 11.6 Å². The van der Waals surface area contributed by atoms with Crippen molar-refractivity contribution in [1.29, 1.82) is 0 Å². The van der Waals surface area contributed by atoms with E-state index in [-0.39, 0.29) is 0 Å². The number of hydrogen-bond donors (Lipinski definition) is 2. The molecule has 0 aromatic carbocycles.